The Balaban J connectivity index is 1.35. The van der Waals surface area contributed by atoms with Crippen LogP contribution < -0.4 is 0 Å². The van der Waals surface area contributed by atoms with E-state index in [1.807, 2.05) is 0 Å². The summed E-state index contributed by atoms with van der Waals surface area (Å²) in [6, 6.07) is 8.52. The van der Waals surface area contributed by atoms with Crippen molar-refractivity contribution in [3.63, 3.8) is 0 Å². The van der Waals surface area contributed by atoms with Gasteiger partial charge in [0.15, 0.2) is 12.1 Å². The van der Waals surface area contributed by atoms with Gasteiger partial charge in [0.1, 0.15) is 0 Å². The number of fused-ring (bicyclic) bond motifs is 3. The SMILES string of the molecule is Cn1c2c(c3ccccc31)C(=C1CCCCC1)C(CCCCOC1CCCCO1)C2=O. The Labute approximate surface area is 185 Å². The highest BCUT2D eigenvalue weighted by Gasteiger charge is 2.40. The number of hydrogen-bond donors (Lipinski definition) is 0. The summed E-state index contributed by atoms with van der Waals surface area (Å²) in [6.07, 6.45) is 12.4. The first-order chi connectivity index (χ1) is 15.3. The molecular weight excluding hydrogens is 386 g/mol. The van der Waals surface area contributed by atoms with Crippen LogP contribution in [0.4, 0.5) is 0 Å². The van der Waals surface area contributed by atoms with Crippen LogP contribution in [0.5, 0.6) is 0 Å². The average Bonchev–Trinajstić information content (AvgIpc) is 3.27. The normalized spacial score (nSPS) is 24.2. The highest BCUT2D eigenvalue weighted by atomic mass is 16.7. The van der Waals surface area contributed by atoms with E-state index in [-0.39, 0.29) is 12.2 Å². The molecule has 2 heterocycles. The zero-order valence-electron chi connectivity index (χ0n) is 18.8. The van der Waals surface area contributed by atoms with Gasteiger partial charge in [-0.2, -0.15) is 0 Å². The molecule has 4 heteroatoms. The predicted octanol–water partition coefficient (Wildman–Crippen LogP) is 6.42. The van der Waals surface area contributed by atoms with Gasteiger partial charge in [-0.25, -0.2) is 0 Å². The van der Waals surface area contributed by atoms with E-state index in [4.69, 9.17) is 9.47 Å². The van der Waals surface area contributed by atoms with Crippen LogP contribution >= 0.6 is 0 Å². The second-order valence-electron chi connectivity index (χ2n) is 9.46. The summed E-state index contributed by atoms with van der Waals surface area (Å²) < 4.78 is 13.7. The summed E-state index contributed by atoms with van der Waals surface area (Å²) in [7, 11) is 2.06. The topological polar surface area (TPSA) is 40.5 Å². The Morgan fingerprint density at radius 3 is 2.71 bits per heavy atom. The molecule has 5 rings (SSSR count). The van der Waals surface area contributed by atoms with Crippen LogP contribution in [0, 0.1) is 5.92 Å². The van der Waals surface area contributed by atoms with Gasteiger partial charge in [0, 0.05) is 42.6 Å². The molecule has 1 saturated heterocycles. The van der Waals surface area contributed by atoms with E-state index in [0.717, 1.165) is 63.9 Å². The van der Waals surface area contributed by atoms with Crippen LogP contribution in [-0.4, -0.2) is 29.9 Å². The number of aromatic nitrogens is 1. The molecule has 2 aromatic rings. The fourth-order valence-electron chi connectivity index (χ4n) is 5.88. The molecule has 3 aliphatic rings. The Morgan fingerprint density at radius 1 is 1.06 bits per heavy atom. The summed E-state index contributed by atoms with van der Waals surface area (Å²) in [5, 5.41) is 1.25. The number of allylic oxidation sites excluding steroid dienone is 2. The molecule has 1 saturated carbocycles. The Morgan fingerprint density at radius 2 is 1.90 bits per heavy atom. The largest absolute Gasteiger partial charge is 0.353 e. The minimum atomic E-state index is -0.0163. The zero-order valence-corrected chi connectivity index (χ0v) is 18.8. The van der Waals surface area contributed by atoms with Crippen LogP contribution in [0.2, 0.25) is 0 Å². The van der Waals surface area contributed by atoms with Crippen LogP contribution in [0.3, 0.4) is 0 Å². The van der Waals surface area contributed by atoms with Crippen molar-refractivity contribution in [2.75, 3.05) is 13.2 Å². The van der Waals surface area contributed by atoms with Crippen molar-refractivity contribution < 1.29 is 14.3 Å². The van der Waals surface area contributed by atoms with Crippen LogP contribution in [0.25, 0.3) is 16.5 Å². The lowest BCUT2D eigenvalue weighted by atomic mass is 9.83. The summed E-state index contributed by atoms with van der Waals surface area (Å²) in [5.41, 5.74) is 6.29. The van der Waals surface area contributed by atoms with E-state index in [1.165, 1.54) is 47.7 Å². The molecule has 2 aliphatic carbocycles. The number of unbranched alkanes of at least 4 members (excludes halogenated alkanes) is 1. The number of benzene rings is 1. The van der Waals surface area contributed by atoms with Gasteiger partial charge < -0.3 is 14.0 Å². The maximum absolute atomic E-state index is 13.6. The second-order valence-corrected chi connectivity index (χ2v) is 9.46. The van der Waals surface area contributed by atoms with Crippen molar-refractivity contribution >= 4 is 22.3 Å². The Bertz CT molecular complexity index is 972. The highest BCUT2D eigenvalue weighted by molar-refractivity contribution is 6.19. The van der Waals surface area contributed by atoms with Crippen molar-refractivity contribution in [1.82, 2.24) is 4.57 Å². The molecular formula is C27H35NO3. The minimum Gasteiger partial charge on any atom is -0.353 e. The van der Waals surface area contributed by atoms with E-state index < -0.39 is 0 Å². The molecule has 0 N–H and O–H groups in total. The number of carbonyl (C=O) groups is 1. The summed E-state index contributed by atoms with van der Waals surface area (Å²) in [5.74, 6) is 0.359. The van der Waals surface area contributed by atoms with Crippen LogP contribution in [0.1, 0.15) is 86.7 Å². The minimum absolute atomic E-state index is 0.0163. The lowest BCUT2D eigenvalue weighted by Gasteiger charge is -2.23. The molecule has 4 nitrogen and oxygen atoms in total. The number of aryl methyl sites for hydroxylation is 1. The first kappa shape index (κ1) is 21.0. The summed E-state index contributed by atoms with van der Waals surface area (Å²) >= 11 is 0. The number of nitrogens with zero attached hydrogens (tertiary/aromatic N) is 1. The lowest BCUT2D eigenvalue weighted by molar-refractivity contribution is -0.162. The third-order valence-electron chi connectivity index (χ3n) is 7.44. The van der Waals surface area contributed by atoms with Crippen LogP contribution in [0.15, 0.2) is 29.8 Å². The standard InChI is InChI=1S/C27H35NO3/c1-28-22-15-6-5-13-20(22)25-24(19-11-3-2-4-12-19)21(27(29)26(25)28)14-7-9-17-30-23-16-8-10-18-31-23/h5-6,13,15,21,23H,2-4,7-12,14,16-18H2,1H3. The highest BCUT2D eigenvalue weighted by Crippen LogP contribution is 2.48. The quantitative estimate of drug-likeness (QED) is 0.505. The smallest absolute Gasteiger partial charge is 0.187 e. The van der Waals surface area contributed by atoms with Gasteiger partial charge in [0.25, 0.3) is 0 Å². The number of Topliss-reactive ketones (excluding diaryl/α,β-unsaturated/α-hetero) is 1. The third kappa shape index (κ3) is 4.01. The monoisotopic (exact) mass is 421 g/mol. The molecule has 0 amide bonds. The molecule has 0 spiro atoms. The van der Waals surface area contributed by atoms with Gasteiger partial charge in [-0.15, -0.1) is 0 Å². The van der Waals surface area contributed by atoms with E-state index in [0.29, 0.717) is 5.78 Å². The number of para-hydroxylation sites is 1. The Kier molecular flexibility index (Phi) is 6.29. The molecule has 1 aromatic carbocycles. The van der Waals surface area contributed by atoms with Gasteiger partial charge >= 0.3 is 0 Å². The van der Waals surface area contributed by atoms with Crippen molar-refractivity contribution in [2.45, 2.75) is 76.9 Å². The molecule has 1 aliphatic heterocycles. The fraction of sp³-hybridized carbons (Fsp3) is 0.593. The molecule has 2 atom stereocenters. The summed E-state index contributed by atoms with van der Waals surface area (Å²) in [4.78, 5) is 13.6. The molecule has 2 fully saturated rings. The summed E-state index contributed by atoms with van der Waals surface area (Å²) in [6.45, 7) is 1.55. The fourth-order valence-corrected chi connectivity index (χ4v) is 5.88. The molecule has 0 radical (unpaired) electrons. The van der Waals surface area contributed by atoms with Crippen molar-refractivity contribution in [2.24, 2.45) is 13.0 Å². The molecule has 31 heavy (non-hydrogen) atoms. The first-order valence-electron chi connectivity index (χ1n) is 12.3. The van der Waals surface area contributed by atoms with E-state index in [1.54, 1.807) is 5.57 Å². The van der Waals surface area contributed by atoms with Crippen molar-refractivity contribution in [1.29, 1.82) is 0 Å². The van der Waals surface area contributed by atoms with E-state index in [9.17, 15) is 4.79 Å². The zero-order chi connectivity index (χ0) is 21.2. The van der Waals surface area contributed by atoms with Gasteiger partial charge in [-0.1, -0.05) is 36.6 Å². The van der Waals surface area contributed by atoms with Gasteiger partial charge in [-0.05, 0) is 69.4 Å². The Hall–Kier alpha value is -1.91. The van der Waals surface area contributed by atoms with Gasteiger partial charge in [0.05, 0.1) is 5.69 Å². The van der Waals surface area contributed by atoms with Crippen molar-refractivity contribution in [3.05, 3.63) is 41.1 Å². The number of carbonyl (C=O) groups excluding carboxylic acids is 1. The van der Waals surface area contributed by atoms with E-state index >= 15 is 0 Å². The molecule has 2 unspecified atom stereocenters. The second kappa shape index (κ2) is 9.30. The van der Waals surface area contributed by atoms with Crippen molar-refractivity contribution in [3.8, 4) is 0 Å². The number of ether oxygens (including phenoxy) is 2. The van der Waals surface area contributed by atoms with Gasteiger partial charge in [0.2, 0.25) is 0 Å². The maximum Gasteiger partial charge on any atom is 0.187 e. The predicted molar refractivity (Wildman–Crippen MR) is 124 cm³/mol. The van der Waals surface area contributed by atoms with E-state index in [2.05, 4.69) is 35.9 Å². The molecule has 166 valence electrons. The number of hydrogen-bond acceptors (Lipinski definition) is 3. The number of rotatable bonds is 6. The third-order valence-corrected chi connectivity index (χ3v) is 7.44. The average molecular weight is 422 g/mol. The molecule has 0 bridgehead atoms. The lowest BCUT2D eigenvalue weighted by Crippen LogP contribution is -2.22. The molecule has 1 aromatic heterocycles. The van der Waals surface area contributed by atoms with Gasteiger partial charge in [-0.3, -0.25) is 4.79 Å². The number of ketones is 1. The van der Waals surface area contributed by atoms with Crippen LogP contribution in [-0.2, 0) is 16.5 Å². The first-order valence-corrected chi connectivity index (χ1v) is 12.3. The maximum atomic E-state index is 13.6.